The van der Waals surface area contributed by atoms with Gasteiger partial charge in [-0.25, -0.2) is 0 Å². The standard InChI is InChI=1S/C14H17BrN2O/c1-10(4-6-12-3-2-8-18-12)17-14-9-11(15)5-7-13(14)16/h2-3,5,7-10,17H,4,6,16H2,1H3. The van der Waals surface area contributed by atoms with Crippen LogP contribution < -0.4 is 11.1 Å². The summed E-state index contributed by atoms with van der Waals surface area (Å²) in [6.45, 7) is 2.14. The fourth-order valence-electron chi connectivity index (χ4n) is 1.80. The highest BCUT2D eigenvalue weighted by Gasteiger charge is 2.06. The van der Waals surface area contributed by atoms with Gasteiger partial charge in [0.25, 0.3) is 0 Å². The first-order valence-corrected chi connectivity index (χ1v) is 6.78. The van der Waals surface area contributed by atoms with Crippen LogP contribution >= 0.6 is 15.9 Å². The number of hydrogen-bond acceptors (Lipinski definition) is 3. The second kappa shape index (κ2) is 5.96. The highest BCUT2D eigenvalue weighted by atomic mass is 79.9. The molecule has 0 aliphatic rings. The largest absolute Gasteiger partial charge is 0.469 e. The van der Waals surface area contributed by atoms with E-state index in [0.29, 0.717) is 6.04 Å². The van der Waals surface area contributed by atoms with Gasteiger partial charge in [-0.05, 0) is 43.7 Å². The number of halogens is 1. The summed E-state index contributed by atoms with van der Waals surface area (Å²) >= 11 is 3.45. The van der Waals surface area contributed by atoms with Gasteiger partial charge in [-0.15, -0.1) is 0 Å². The summed E-state index contributed by atoms with van der Waals surface area (Å²) in [5.41, 5.74) is 7.66. The zero-order valence-electron chi connectivity index (χ0n) is 10.3. The van der Waals surface area contributed by atoms with Crippen molar-refractivity contribution in [3.63, 3.8) is 0 Å². The van der Waals surface area contributed by atoms with E-state index in [2.05, 4.69) is 28.2 Å². The lowest BCUT2D eigenvalue weighted by molar-refractivity contribution is 0.495. The van der Waals surface area contributed by atoms with Crippen molar-refractivity contribution >= 4 is 27.3 Å². The maximum absolute atomic E-state index is 5.93. The van der Waals surface area contributed by atoms with Gasteiger partial charge < -0.3 is 15.5 Å². The average Bonchev–Trinajstić information content (AvgIpc) is 2.84. The van der Waals surface area contributed by atoms with Crippen LogP contribution in [0.4, 0.5) is 11.4 Å². The molecule has 1 unspecified atom stereocenters. The Morgan fingerprint density at radius 3 is 2.94 bits per heavy atom. The Labute approximate surface area is 115 Å². The maximum Gasteiger partial charge on any atom is 0.103 e. The van der Waals surface area contributed by atoms with Gasteiger partial charge in [-0.3, -0.25) is 0 Å². The maximum atomic E-state index is 5.93. The summed E-state index contributed by atoms with van der Waals surface area (Å²) in [6.07, 6.45) is 3.63. The molecule has 0 aliphatic heterocycles. The molecule has 0 bridgehead atoms. The lowest BCUT2D eigenvalue weighted by Gasteiger charge is -2.16. The van der Waals surface area contributed by atoms with E-state index in [1.165, 1.54) is 0 Å². The van der Waals surface area contributed by atoms with Crippen molar-refractivity contribution in [2.75, 3.05) is 11.1 Å². The second-order valence-corrected chi connectivity index (χ2v) is 5.31. The molecule has 0 amide bonds. The Balaban J connectivity index is 1.90. The number of rotatable bonds is 5. The quantitative estimate of drug-likeness (QED) is 0.819. The summed E-state index contributed by atoms with van der Waals surface area (Å²) in [5, 5.41) is 3.42. The third-order valence-corrected chi connectivity index (χ3v) is 3.31. The van der Waals surface area contributed by atoms with Crippen molar-refractivity contribution in [3.8, 4) is 0 Å². The molecule has 0 saturated carbocycles. The predicted molar refractivity (Wildman–Crippen MR) is 78.7 cm³/mol. The minimum absolute atomic E-state index is 0.340. The van der Waals surface area contributed by atoms with E-state index in [4.69, 9.17) is 10.2 Å². The van der Waals surface area contributed by atoms with Crippen molar-refractivity contribution in [1.29, 1.82) is 0 Å². The molecule has 0 saturated heterocycles. The molecule has 3 N–H and O–H groups in total. The molecule has 0 aliphatic carbocycles. The van der Waals surface area contributed by atoms with Crippen molar-refractivity contribution in [1.82, 2.24) is 0 Å². The lowest BCUT2D eigenvalue weighted by Crippen LogP contribution is -2.16. The van der Waals surface area contributed by atoms with Crippen LogP contribution in [-0.4, -0.2) is 6.04 Å². The molecule has 18 heavy (non-hydrogen) atoms. The van der Waals surface area contributed by atoms with E-state index in [1.54, 1.807) is 6.26 Å². The van der Waals surface area contributed by atoms with E-state index in [1.807, 2.05) is 30.3 Å². The number of nitrogens with one attached hydrogen (secondary N) is 1. The Bertz CT molecular complexity index is 497. The molecule has 3 nitrogen and oxygen atoms in total. The molecule has 1 aromatic carbocycles. The zero-order valence-corrected chi connectivity index (χ0v) is 11.9. The van der Waals surface area contributed by atoms with E-state index < -0.39 is 0 Å². The van der Waals surface area contributed by atoms with Gasteiger partial charge in [0.05, 0.1) is 17.6 Å². The van der Waals surface area contributed by atoms with Gasteiger partial charge in [-0.2, -0.15) is 0 Å². The van der Waals surface area contributed by atoms with Crippen molar-refractivity contribution in [3.05, 3.63) is 46.8 Å². The molecular weight excluding hydrogens is 292 g/mol. The summed E-state index contributed by atoms with van der Waals surface area (Å²) in [7, 11) is 0. The first-order chi connectivity index (χ1) is 8.65. The van der Waals surface area contributed by atoms with Crippen molar-refractivity contribution < 1.29 is 4.42 Å². The molecule has 0 spiro atoms. The third kappa shape index (κ3) is 3.53. The van der Waals surface area contributed by atoms with Gasteiger partial charge in [0.1, 0.15) is 5.76 Å². The Kier molecular flexibility index (Phi) is 4.31. The summed E-state index contributed by atoms with van der Waals surface area (Å²) in [6, 6.07) is 10.1. The number of aryl methyl sites for hydroxylation is 1. The zero-order chi connectivity index (χ0) is 13.0. The Hall–Kier alpha value is -1.42. The highest BCUT2D eigenvalue weighted by Crippen LogP contribution is 2.24. The van der Waals surface area contributed by atoms with Crippen LogP contribution in [0.5, 0.6) is 0 Å². The van der Waals surface area contributed by atoms with Gasteiger partial charge in [-0.1, -0.05) is 15.9 Å². The minimum atomic E-state index is 0.340. The van der Waals surface area contributed by atoms with E-state index in [0.717, 1.165) is 34.4 Å². The number of hydrogen-bond donors (Lipinski definition) is 2. The SMILES string of the molecule is CC(CCc1ccco1)Nc1cc(Br)ccc1N. The average molecular weight is 309 g/mol. The molecular formula is C14H17BrN2O. The predicted octanol–water partition coefficient (Wildman–Crippen LogP) is 4.06. The molecule has 1 aromatic heterocycles. The number of nitrogen functional groups attached to an aromatic ring is 1. The van der Waals surface area contributed by atoms with Crippen LogP contribution in [0.2, 0.25) is 0 Å². The van der Waals surface area contributed by atoms with Crippen molar-refractivity contribution in [2.45, 2.75) is 25.8 Å². The van der Waals surface area contributed by atoms with E-state index in [-0.39, 0.29) is 0 Å². The summed E-state index contributed by atoms with van der Waals surface area (Å²) in [5.74, 6) is 1.02. The highest BCUT2D eigenvalue weighted by molar-refractivity contribution is 9.10. The minimum Gasteiger partial charge on any atom is -0.469 e. The Morgan fingerprint density at radius 2 is 2.22 bits per heavy atom. The number of nitrogens with two attached hydrogens (primary N) is 1. The molecule has 0 fully saturated rings. The van der Waals surface area contributed by atoms with Crippen LogP contribution in [0.15, 0.2) is 45.5 Å². The fraction of sp³-hybridized carbons (Fsp3) is 0.286. The smallest absolute Gasteiger partial charge is 0.103 e. The fourth-order valence-corrected chi connectivity index (χ4v) is 2.17. The van der Waals surface area contributed by atoms with Gasteiger partial charge in [0.15, 0.2) is 0 Å². The molecule has 1 heterocycles. The summed E-state index contributed by atoms with van der Waals surface area (Å²) < 4.78 is 6.34. The molecule has 2 aromatic rings. The number of furan rings is 1. The first kappa shape index (κ1) is 13.0. The molecule has 0 radical (unpaired) electrons. The Morgan fingerprint density at radius 1 is 1.39 bits per heavy atom. The lowest BCUT2D eigenvalue weighted by atomic mass is 10.1. The van der Waals surface area contributed by atoms with Gasteiger partial charge in [0.2, 0.25) is 0 Å². The van der Waals surface area contributed by atoms with Crippen LogP contribution in [0.1, 0.15) is 19.1 Å². The summed E-state index contributed by atoms with van der Waals surface area (Å²) in [4.78, 5) is 0. The monoisotopic (exact) mass is 308 g/mol. The molecule has 96 valence electrons. The van der Waals surface area contributed by atoms with Gasteiger partial charge >= 0.3 is 0 Å². The molecule has 2 rings (SSSR count). The second-order valence-electron chi connectivity index (χ2n) is 4.39. The number of benzene rings is 1. The third-order valence-electron chi connectivity index (χ3n) is 2.82. The van der Waals surface area contributed by atoms with Crippen molar-refractivity contribution in [2.24, 2.45) is 0 Å². The van der Waals surface area contributed by atoms with Crippen LogP contribution in [0, 0.1) is 0 Å². The normalized spacial score (nSPS) is 12.3. The van der Waals surface area contributed by atoms with E-state index >= 15 is 0 Å². The van der Waals surface area contributed by atoms with Crippen LogP contribution in [0.3, 0.4) is 0 Å². The van der Waals surface area contributed by atoms with Crippen LogP contribution in [-0.2, 0) is 6.42 Å². The number of anilines is 2. The van der Waals surface area contributed by atoms with Gasteiger partial charge in [0, 0.05) is 16.9 Å². The van der Waals surface area contributed by atoms with E-state index in [9.17, 15) is 0 Å². The molecule has 4 heteroatoms. The topological polar surface area (TPSA) is 51.2 Å². The molecule has 1 atom stereocenters. The first-order valence-electron chi connectivity index (χ1n) is 5.99. The van der Waals surface area contributed by atoms with Crippen LogP contribution in [0.25, 0.3) is 0 Å².